The number of hydrogen-bond acceptors (Lipinski definition) is 5. The highest BCUT2D eigenvalue weighted by atomic mass is 16.3. The van der Waals surface area contributed by atoms with Crippen LogP contribution < -0.4 is 5.32 Å². The van der Waals surface area contributed by atoms with Gasteiger partial charge in [0.25, 0.3) is 11.7 Å². The lowest BCUT2D eigenvalue weighted by atomic mass is 10.0. The van der Waals surface area contributed by atoms with Gasteiger partial charge in [0.1, 0.15) is 0 Å². The van der Waals surface area contributed by atoms with Crippen LogP contribution in [0.5, 0.6) is 0 Å². The van der Waals surface area contributed by atoms with Crippen molar-refractivity contribution in [2.24, 2.45) is 0 Å². The molecule has 2 rings (SSSR count). The first-order chi connectivity index (χ1) is 9.32. The fraction of sp³-hybridized carbons (Fsp3) is 0.538. The minimum atomic E-state index is -0.512. The van der Waals surface area contributed by atoms with Gasteiger partial charge in [0.2, 0.25) is 5.82 Å². The summed E-state index contributed by atoms with van der Waals surface area (Å²) >= 11 is 0. The van der Waals surface area contributed by atoms with Crippen LogP contribution in [0.2, 0.25) is 0 Å². The van der Waals surface area contributed by atoms with Gasteiger partial charge in [-0.2, -0.15) is 4.98 Å². The van der Waals surface area contributed by atoms with Gasteiger partial charge in [-0.25, -0.2) is 9.50 Å². The zero-order valence-electron chi connectivity index (χ0n) is 12.1. The average molecular weight is 277 g/mol. The lowest BCUT2D eigenvalue weighted by Gasteiger charge is -2.24. The second-order valence-electron chi connectivity index (χ2n) is 5.50. The van der Waals surface area contributed by atoms with Crippen LogP contribution in [-0.4, -0.2) is 42.7 Å². The summed E-state index contributed by atoms with van der Waals surface area (Å²) in [5.74, 6) is 0.121. The summed E-state index contributed by atoms with van der Waals surface area (Å²) < 4.78 is 1.54. The highest BCUT2D eigenvalue weighted by Gasteiger charge is 2.23. The molecule has 0 fully saturated rings. The van der Waals surface area contributed by atoms with E-state index in [1.54, 1.807) is 4.52 Å². The number of rotatable bonds is 4. The number of aryl methyl sites for hydroxylation is 2. The summed E-state index contributed by atoms with van der Waals surface area (Å²) in [5.41, 5.74) is 1.19. The van der Waals surface area contributed by atoms with Crippen LogP contribution in [0, 0.1) is 13.8 Å². The molecule has 0 bridgehead atoms. The monoisotopic (exact) mass is 277 g/mol. The highest BCUT2D eigenvalue weighted by molar-refractivity contribution is 5.91. The van der Waals surface area contributed by atoms with Crippen molar-refractivity contribution < 1.29 is 9.90 Å². The number of aliphatic hydroxyl groups excluding tert-OH is 1. The molecule has 0 aliphatic rings. The van der Waals surface area contributed by atoms with E-state index < -0.39 is 5.54 Å². The molecule has 2 N–H and O–H groups in total. The first-order valence-electron chi connectivity index (χ1n) is 6.47. The molecule has 0 spiro atoms. The number of amides is 1. The highest BCUT2D eigenvalue weighted by Crippen LogP contribution is 2.10. The van der Waals surface area contributed by atoms with Gasteiger partial charge in [0.15, 0.2) is 0 Å². The number of aliphatic hydroxyl groups is 1. The molecule has 0 aromatic carbocycles. The molecule has 0 unspecified atom stereocenters. The number of carbonyl (C=O) groups is 1. The van der Waals surface area contributed by atoms with Gasteiger partial charge in [-0.05, 0) is 40.2 Å². The molecule has 0 saturated heterocycles. The van der Waals surface area contributed by atoms with Crippen LogP contribution >= 0.6 is 0 Å². The van der Waals surface area contributed by atoms with Gasteiger partial charge < -0.3 is 10.4 Å². The number of nitrogens with one attached hydrogen (secondary N) is 1. The molecule has 1 amide bonds. The van der Waals surface area contributed by atoms with Crippen molar-refractivity contribution in [2.75, 3.05) is 6.61 Å². The van der Waals surface area contributed by atoms with E-state index in [1.807, 2.05) is 33.8 Å². The molecule has 2 heterocycles. The SMILES string of the molecule is Cc1cc(C)n2nc(C(=O)NC(C)(C)CCO)nc2n1. The molecule has 20 heavy (non-hydrogen) atoms. The average Bonchev–Trinajstić information content (AvgIpc) is 2.72. The van der Waals surface area contributed by atoms with E-state index in [1.165, 1.54) is 0 Å². The molecule has 2 aromatic heterocycles. The first kappa shape index (κ1) is 14.4. The normalized spacial score (nSPS) is 11.8. The minimum absolute atomic E-state index is 0.00569. The topological polar surface area (TPSA) is 92.4 Å². The van der Waals surface area contributed by atoms with Crippen molar-refractivity contribution in [1.29, 1.82) is 0 Å². The molecular formula is C13H19N5O2. The Balaban J connectivity index is 2.29. The number of aromatic nitrogens is 4. The van der Waals surface area contributed by atoms with E-state index in [-0.39, 0.29) is 18.3 Å². The van der Waals surface area contributed by atoms with E-state index in [0.29, 0.717) is 12.2 Å². The Morgan fingerprint density at radius 2 is 2.10 bits per heavy atom. The second kappa shape index (κ2) is 5.16. The van der Waals surface area contributed by atoms with Gasteiger partial charge >= 0.3 is 0 Å². The molecule has 2 aromatic rings. The fourth-order valence-electron chi connectivity index (χ4n) is 1.97. The summed E-state index contributed by atoms with van der Waals surface area (Å²) in [7, 11) is 0. The summed E-state index contributed by atoms with van der Waals surface area (Å²) in [5, 5.41) is 15.9. The summed E-state index contributed by atoms with van der Waals surface area (Å²) in [6.07, 6.45) is 0.461. The van der Waals surface area contributed by atoms with Crippen LogP contribution in [0.15, 0.2) is 6.07 Å². The molecule has 0 radical (unpaired) electrons. The Labute approximate surface area is 117 Å². The maximum Gasteiger partial charge on any atom is 0.291 e. The van der Waals surface area contributed by atoms with Crippen LogP contribution in [0.3, 0.4) is 0 Å². The van der Waals surface area contributed by atoms with Crippen LogP contribution in [0.4, 0.5) is 0 Å². The number of carbonyl (C=O) groups excluding carboxylic acids is 1. The quantitative estimate of drug-likeness (QED) is 0.855. The van der Waals surface area contributed by atoms with Crippen LogP contribution in [0.1, 0.15) is 42.3 Å². The predicted octanol–water partition coefficient (Wildman–Crippen LogP) is 0.632. The number of hydrogen-bond donors (Lipinski definition) is 2. The third-order valence-electron chi connectivity index (χ3n) is 3.01. The molecule has 0 aliphatic carbocycles. The summed E-state index contributed by atoms with van der Waals surface area (Å²) in [6.45, 7) is 7.43. The molecule has 7 nitrogen and oxygen atoms in total. The zero-order valence-corrected chi connectivity index (χ0v) is 12.1. The molecule has 108 valence electrons. The molecule has 0 saturated carbocycles. The van der Waals surface area contributed by atoms with Crippen LogP contribution in [-0.2, 0) is 0 Å². The predicted molar refractivity (Wildman–Crippen MR) is 73.5 cm³/mol. The Kier molecular flexibility index (Phi) is 3.71. The van der Waals surface area contributed by atoms with E-state index in [9.17, 15) is 4.79 Å². The second-order valence-corrected chi connectivity index (χ2v) is 5.50. The lowest BCUT2D eigenvalue weighted by Crippen LogP contribution is -2.44. The lowest BCUT2D eigenvalue weighted by molar-refractivity contribution is 0.0889. The van der Waals surface area contributed by atoms with Gasteiger partial charge in [-0.15, -0.1) is 5.10 Å². The Morgan fingerprint density at radius 1 is 1.40 bits per heavy atom. The molecule has 7 heteroatoms. The van der Waals surface area contributed by atoms with Crippen LogP contribution in [0.25, 0.3) is 5.78 Å². The van der Waals surface area contributed by atoms with Crippen molar-refractivity contribution in [3.63, 3.8) is 0 Å². The van der Waals surface area contributed by atoms with E-state index in [4.69, 9.17) is 5.11 Å². The number of fused-ring (bicyclic) bond motifs is 1. The Morgan fingerprint density at radius 3 is 2.75 bits per heavy atom. The smallest absolute Gasteiger partial charge is 0.291 e. The molecular weight excluding hydrogens is 258 g/mol. The van der Waals surface area contributed by atoms with Crippen molar-refractivity contribution in [3.8, 4) is 0 Å². The van der Waals surface area contributed by atoms with Crippen molar-refractivity contribution in [2.45, 2.75) is 39.7 Å². The summed E-state index contributed by atoms with van der Waals surface area (Å²) in [4.78, 5) is 20.5. The molecule has 0 atom stereocenters. The maximum atomic E-state index is 12.1. The van der Waals surface area contributed by atoms with Gasteiger partial charge in [0, 0.05) is 23.5 Å². The first-order valence-corrected chi connectivity index (χ1v) is 6.47. The van der Waals surface area contributed by atoms with E-state index >= 15 is 0 Å². The van der Waals surface area contributed by atoms with Gasteiger partial charge in [0.05, 0.1) is 0 Å². The third-order valence-corrected chi connectivity index (χ3v) is 3.01. The zero-order chi connectivity index (χ0) is 14.9. The Bertz CT molecular complexity index is 647. The minimum Gasteiger partial charge on any atom is -0.396 e. The number of nitrogens with zero attached hydrogens (tertiary/aromatic N) is 4. The van der Waals surface area contributed by atoms with E-state index in [0.717, 1.165) is 11.4 Å². The fourth-order valence-corrected chi connectivity index (χ4v) is 1.97. The standard InChI is InChI=1S/C13H19N5O2/c1-8-7-9(2)18-12(14-8)15-10(17-18)11(20)16-13(3,4)5-6-19/h7,19H,5-6H2,1-4H3,(H,16,20). The Hall–Kier alpha value is -2.02. The molecule has 0 aliphatic heterocycles. The van der Waals surface area contributed by atoms with Crippen molar-refractivity contribution in [3.05, 3.63) is 23.3 Å². The maximum absolute atomic E-state index is 12.1. The van der Waals surface area contributed by atoms with E-state index in [2.05, 4.69) is 20.4 Å². The summed E-state index contributed by atoms with van der Waals surface area (Å²) in [6, 6.07) is 1.87. The van der Waals surface area contributed by atoms with Crippen molar-refractivity contribution in [1.82, 2.24) is 24.9 Å². The third kappa shape index (κ3) is 2.93. The van der Waals surface area contributed by atoms with Gasteiger partial charge in [-0.3, -0.25) is 4.79 Å². The largest absolute Gasteiger partial charge is 0.396 e. The van der Waals surface area contributed by atoms with Gasteiger partial charge in [-0.1, -0.05) is 0 Å². The van der Waals surface area contributed by atoms with Crippen molar-refractivity contribution >= 4 is 11.7 Å².